The SMILES string of the molecule is Nc1ncn(C2OC(CO)C(OP(=O)(O)OCC3OC(n4cnc5c(=O)[nH]c(N)nc54)C(Cl)C3O)C2Cl)c(=O)n1. The molecule has 5 heterocycles. The first kappa shape index (κ1) is 28.8. The van der Waals surface area contributed by atoms with Crippen molar-refractivity contribution < 1.29 is 38.2 Å². The van der Waals surface area contributed by atoms with Crippen molar-refractivity contribution in [2.75, 3.05) is 24.7 Å². The number of nitrogens with one attached hydrogen (secondary N) is 1. The average Bonchev–Trinajstić information content (AvgIpc) is 3.53. The maximum Gasteiger partial charge on any atom is 0.472 e. The third-order valence-corrected chi connectivity index (χ3v) is 8.06. The number of phosphoric ester groups is 1. The Kier molecular flexibility index (Phi) is 7.87. The predicted molar refractivity (Wildman–Crippen MR) is 134 cm³/mol. The number of nitrogens with two attached hydrogens (primary N) is 2. The normalized spacial score (nSPS) is 32.0. The Labute approximate surface area is 232 Å². The van der Waals surface area contributed by atoms with E-state index in [9.17, 15) is 29.3 Å². The molecule has 2 saturated heterocycles. The van der Waals surface area contributed by atoms with Crippen molar-refractivity contribution in [2.45, 2.75) is 47.6 Å². The Morgan fingerprint density at radius 2 is 1.75 bits per heavy atom. The van der Waals surface area contributed by atoms with Gasteiger partial charge in [0.1, 0.15) is 41.5 Å². The molecule has 0 saturated carbocycles. The summed E-state index contributed by atoms with van der Waals surface area (Å²) < 4.78 is 36.4. The summed E-state index contributed by atoms with van der Waals surface area (Å²) in [5, 5.41) is 17.9. The van der Waals surface area contributed by atoms with Gasteiger partial charge in [0.15, 0.2) is 23.6 Å². The second kappa shape index (κ2) is 10.9. The molecular weight excluding hydrogens is 604 g/mol. The highest BCUT2D eigenvalue weighted by molar-refractivity contribution is 7.47. The van der Waals surface area contributed by atoms with Crippen molar-refractivity contribution in [2.24, 2.45) is 0 Å². The van der Waals surface area contributed by atoms with E-state index in [2.05, 4.69) is 24.9 Å². The number of phosphoric acid groups is 1. The Morgan fingerprint density at radius 3 is 2.45 bits per heavy atom. The van der Waals surface area contributed by atoms with Crippen LogP contribution in [0.1, 0.15) is 12.5 Å². The molecule has 40 heavy (non-hydrogen) atoms. The number of aliphatic hydroxyl groups is 2. The van der Waals surface area contributed by atoms with Gasteiger partial charge in [0.25, 0.3) is 5.56 Å². The van der Waals surface area contributed by atoms with Gasteiger partial charge in [0.2, 0.25) is 11.9 Å². The van der Waals surface area contributed by atoms with Crippen molar-refractivity contribution >= 4 is 54.1 Å². The number of imidazole rings is 1. The van der Waals surface area contributed by atoms with Gasteiger partial charge in [-0.15, -0.1) is 23.2 Å². The number of H-pyrrole nitrogens is 1. The summed E-state index contributed by atoms with van der Waals surface area (Å²) in [6.07, 6.45) is -5.51. The third kappa shape index (κ3) is 5.32. The third-order valence-electron chi connectivity index (χ3n) is 6.14. The lowest BCUT2D eigenvalue weighted by Gasteiger charge is -2.23. The van der Waals surface area contributed by atoms with Crippen LogP contribution in [0.4, 0.5) is 11.9 Å². The molecule has 0 radical (unpaired) electrons. The summed E-state index contributed by atoms with van der Waals surface area (Å²) in [6, 6.07) is 0. The molecule has 19 nitrogen and oxygen atoms in total. The molecule has 3 aromatic heterocycles. The number of aromatic nitrogens is 7. The van der Waals surface area contributed by atoms with E-state index >= 15 is 0 Å². The Hall–Kier alpha value is -2.71. The molecular formula is C18H22Cl2N9O10P. The summed E-state index contributed by atoms with van der Waals surface area (Å²) in [5.74, 6) is -0.481. The number of aromatic amines is 1. The molecule has 5 rings (SSSR count). The molecule has 3 aromatic rings. The van der Waals surface area contributed by atoms with Crippen LogP contribution in [0.3, 0.4) is 0 Å². The van der Waals surface area contributed by atoms with Gasteiger partial charge in [-0.25, -0.2) is 19.3 Å². The standard InChI is InChI=1S/C18H22Cl2N9O10P/c19-7-10(31)6(38-14(7)28-3-23-9-12(28)25-17(22)26-13(9)32)2-36-40(34,35)39-11-5(1-30)37-15(8(11)20)29-4-24-16(21)27-18(29)33/h3-8,10-11,14-15,30-31H,1-2H2,(H,34,35)(H2,21,27,33)(H3,22,25,26,32). The maximum atomic E-state index is 12.8. The number of rotatable bonds is 8. The number of nitrogen functional groups attached to an aromatic ring is 2. The second-order valence-electron chi connectivity index (χ2n) is 8.71. The fraction of sp³-hybridized carbons (Fsp3) is 0.556. The van der Waals surface area contributed by atoms with E-state index < -0.39 is 79.9 Å². The van der Waals surface area contributed by atoms with Crippen LogP contribution in [-0.4, -0.2) is 97.5 Å². The van der Waals surface area contributed by atoms with Crippen LogP contribution in [0.5, 0.6) is 0 Å². The monoisotopic (exact) mass is 625 g/mol. The van der Waals surface area contributed by atoms with E-state index in [0.717, 1.165) is 10.9 Å². The summed E-state index contributed by atoms with van der Waals surface area (Å²) in [6.45, 7) is -1.38. The lowest BCUT2D eigenvalue weighted by atomic mass is 10.2. The van der Waals surface area contributed by atoms with Gasteiger partial charge in [-0.05, 0) is 0 Å². The van der Waals surface area contributed by atoms with Crippen LogP contribution in [0, 0.1) is 0 Å². The van der Waals surface area contributed by atoms with Gasteiger partial charge >= 0.3 is 13.5 Å². The number of hydrogen-bond acceptors (Lipinski definition) is 15. The van der Waals surface area contributed by atoms with Crippen LogP contribution < -0.4 is 22.7 Å². The minimum absolute atomic E-state index is 0.0337. The predicted octanol–water partition coefficient (Wildman–Crippen LogP) is -2.20. The van der Waals surface area contributed by atoms with Crippen LogP contribution in [0.2, 0.25) is 0 Å². The van der Waals surface area contributed by atoms with E-state index in [1.807, 2.05) is 0 Å². The van der Waals surface area contributed by atoms with E-state index in [1.54, 1.807) is 0 Å². The van der Waals surface area contributed by atoms with Gasteiger partial charge in [-0.3, -0.25) is 28.0 Å². The molecule has 2 aliphatic rings. The number of halogens is 2. The van der Waals surface area contributed by atoms with Crippen molar-refractivity contribution in [1.82, 2.24) is 34.1 Å². The fourth-order valence-electron chi connectivity index (χ4n) is 4.27. The maximum absolute atomic E-state index is 12.8. The summed E-state index contributed by atoms with van der Waals surface area (Å²) in [5.41, 5.74) is 9.49. The van der Waals surface area contributed by atoms with E-state index in [1.165, 1.54) is 10.9 Å². The molecule has 0 aliphatic carbocycles. The summed E-state index contributed by atoms with van der Waals surface area (Å²) in [4.78, 5) is 52.0. The van der Waals surface area contributed by atoms with Gasteiger partial charge in [-0.1, -0.05) is 0 Å². The van der Waals surface area contributed by atoms with E-state index in [4.69, 9.17) is 53.2 Å². The highest BCUT2D eigenvalue weighted by atomic mass is 35.5. The smallest absolute Gasteiger partial charge is 0.394 e. The number of ether oxygens (including phenoxy) is 2. The first-order valence-corrected chi connectivity index (χ1v) is 13.7. The van der Waals surface area contributed by atoms with Gasteiger partial charge in [-0.2, -0.15) is 9.97 Å². The van der Waals surface area contributed by atoms with Crippen molar-refractivity contribution in [3.05, 3.63) is 33.5 Å². The second-order valence-corrected chi connectivity index (χ2v) is 11.1. The molecule has 0 amide bonds. The quantitative estimate of drug-likeness (QED) is 0.114. The highest BCUT2D eigenvalue weighted by Crippen LogP contribution is 2.50. The fourth-order valence-corrected chi connectivity index (χ4v) is 6.05. The Morgan fingerprint density at radius 1 is 1.07 bits per heavy atom. The minimum Gasteiger partial charge on any atom is -0.394 e. The molecule has 22 heteroatoms. The zero-order valence-corrected chi connectivity index (χ0v) is 22.3. The molecule has 0 spiro atoms. The molecule has 9 atom stereocenters. The largest absolute Gasteiger partial charge is 0.472 e. The van der Waals surface area contributed by atoms with E-state index in [-0.39, 0.29) is 23.1 Å². The number of aliphatic hydroxyl groups excluding tert-OH is 2. The van der Waals surface area contributed by atoms with Crippen molar-refractivity contribution in [3.63, 3.8) is 0 Å². The van der Waals surface area contributed by atoms with Crippen LogP contribution in [-0.2, 0) is 23.1 Å². The number of hydrogen-bond donors (Lipinski definition) is 6. The van der Waals surface area contributed by atoms with E-state index in [0.29, 0.717) is 0 Å². The van der Waals surface area contributed by atoms with Crippen LogP contribution >= 0.6 is 31.0 Å². The van der Waals surface area contributed by atoms with Crippen LogP contribution in [0.15, 0.2) is 22.2 Å². The van der Waals surface area contributed by atoms with Crippen molar-refractivity contribution in [3.8, 4) is 0 Å². The number of nitrogens with zero attached hydrogens (tertiary/aromatic N) is 6. The molecule has 0 bridgehead atoms. The molecule has 2 fully saturated rings. The molecule has 9 unspecified atom stereocenters. The molecule has 0 aromatic carbocycles. The average molecular weight is 626 g/mol. The first-order valence-electron chi connectivity index (χ1n) is 11.4. The zero-order valence-electron chi connectivity index (χ0n) is 19.9. The lowest BCUT2D eigenvalue weighted by molar-refractivity contribution is -0.0565. The van der Waals surface area contributed by atoms with Crippen molar-refractivity contribution in [1.29, 1.82) is 0 Å². The summed E-state index contributed by atoms with van der Waals surface area (Å²) in [7, 11) is -4.94. The van der Waals surface area contributed by atoms with Gasteiger partial charge in [0.05, 0.1) is 19.5 Å². The first-order chi connectivity index (χ1) is 18.9. The minimum atomic E-state index is -4.94. The Bertz CT molecular complexity index is 1570. The topological polar surface area (TPSA) is 278 Å². The van der Waals surface area contributed by atoms with Gasteiger partial charge in [0, 0.05) is 0 Å². The number of fused-ring (bicyclic) bond motifs is 1. The van der Waals surface area contributed by atoms with Gasteiger partial charge < -0.3 is 36.0 Å². The molecule has 2 aliphatic heterocycles. The lowest BCUT2D eigenvalue weighted by Crippen LogP contribution is -2.35. The zero-order chi connectivity index (χ0) is 28.9. The molecule has 218 valence electrons. The number of alkyl halides is 2. The number of anilines is 2. The van der Waals surface area contributed by atoms with Crippen LogP contribution in [0.25, 0.3) is 11.2 Å². The molecule has 8 N–H and O–H groups in total. The summed E-state index contributed by atoms with van der Waals surface area (Å²) >= 11 is 12.7. The Balaban J connectivity index is 1.27. The highest BCUT2D eigenvalue weighted by Gasteiger charge is 2.50.